The number of aliphatic imine (C=N–C) groups is 1. The minimum Gasteiger partial charge on any atom is -0.370 e. The van der Waals surface area contributed by atoms with Gasteiger partial charge in [0.15, 0.2) is 5.96 Å². The number of sulfonamides is 1. The molecule has 1 heterocycles. The van der Waals surface area contributed by atoms with E-state index >= 15 is 0 Å². The van der Waals surface area contributed by atoms with E-state index in [2.05, 4.69) is 52.0 Å². The standard InChI is InChI=1S/C19H32N4O3S.HI/c1-5-20-19(21-9-6-10-22-27(4,24)25)23-11-12-26-18(14-23)17-8-7-15(2)13-16(17)3;/h7-8,13,18,22H,5-6,9-12,14H2,1-4H3,(H,20,21);1H. The summed E-state index contributed by atoms with van der Waals surface area (Å²) in [5.41, 5.74) is 3.72. The molecular formula is C19H33IN4O3S. The molecule has 28 heavy (non-hydrogen) atoms. The molecule has 0 aromatic heterocycles. The van der Waals surface area contributed by atoms with E-state index in [0.717, 1.165) is 25.6 Å². The predicted molar refractivity (Wildman–Crippen MR) is 125 cm³/mol. The number of nitrogens with zero attached hydrogens (tertiary/aromatic N) is 2. The number of guanidine groups is 1. The third-order valence-electron chi connectivity index (χ3n) is 4.43. The van der Waals surface area contributed by atoms with Gasteiger partial charge in [0.05, 0.1) is 19.4 Å². The summed E-state index contributed by atoms with van der Waals surface area (Å²) in [5, 5.41) is 3.34. The molecule has 1 aromatic carbocycles. The number of ether oxygens (including phenoxy) is 1. The van der Waals surface area contributed by atoms with Crippen molar-refractivity contribution in [3.05, 3.63) is 34.9 Å². The van der Waals surface area contributed by atoms with Gasteiger partial charge in [-0.2, -0.15) is 0 Å². The number of hydrogen-bond donors (Lipinski definition) is 2. The average molecular weight is 524 g/mol. The van der Waals surface area contributed by atoms with Gasteiger partial charge in [0, 0.05) is 26.2 Å². The normalized spacial score (nSPS) is 17.9. The Morgan fingerprint density at radius 1 is 1.36 bits per heavy atom. The molecule has 2 N–H and O–H groups in total. The summed E-state index contributed by atoms with van der Waals surface area (Å²) in [6, 6.07) is 6.46. The highest BCUT2D eigenvalue weighted by atomic mass is 127. The SMILES string of the molecule is CCNC(=NCCCNS(C)(=O)=O)N1CCOC(c2ccc(C)cc2C)C1.I. The lowest BCUT2D eigenvalue weighted by atomic mass is 10.00. The summed E-state index contributed by atoms with van der Waals surface area (Å²) in [6.45, 7) is 10.2. The van der Waals surface area contributed by atoms with E-state index in [1.54, 1.807) is 0 Å². The maximum Gasteiger partial charge on any atom is 0.208 e. The number of halogens is 1. The minimum atomic E-state index is -3.14. The fourth-order valence-corrected chi connectivity index (χ4v) is 3.68. The van der Waals surface area contributed by atoms with Gasteiger partial charge < -0.3 is 15.0 Å². The van der Waals surface area contributed by atoms with Gasteiger partial charge in [-0.3, -0.25) is 4.99 Å². The first-order valence-corrected chi connectivity index (χ1v) is 11.4. The van der Waals surface area contributed by atoms with Crippen molar-refractivity contribution < 1.29 is 13.2 Å². The smallest absolute Gasteiger partial charge is 0.208 e. The van der Waals surface area contributed by atoms with E-state index in [1.165, 1.54) is 22.9 Å². The number of aryl methyl sites for hydroxylation is 2. The molecule has 1 atom stereocenters. The Balaban J connectivity index is 0.00000392. The Labute approximate surface area is 186 Å². The third-order valence-corrected chi connectivity index (χ3v) is 5.16. The zero-order valence-electron chi connectivity index (χ0n) is 17.2. The summed E-state index contributed by atoms with van der Waals surface area (Å²) in [7, 11) is -3.14. The largest absolute Gasteiger partial charge is 0.370 e. The van der Waals surface area contributed by atoms with Crippen LogP contribution in [0.1, 0.15) is 36.1 Å². The van der Waals surface area contributed by atoms with Crippen LogP contribution < -0.4 is 10.0 Å². The van der Waals surface area contributed by atoms with E-state index in [0.29, 0.717) is 26.1 Å². The van der Waals surface area contributed by atoms with Crippen LogP contribution in [0.2, 0.25) is 0 Å². The van der Waals surface area contributed by atoms with Gasteiger partial charge in [-0.1, -0.05) is 23.8 Å². The maximum atomic E-state index is 11.1. The molecule has 1 saturated heterocycles. The summed E-state index contributed by atoms with van der Waals surface area (Å²) in [6.07, 6.45) is 1.85. The molecule has 0 aliphatic carbocycles. The van der Waals surface area contributed by atoms with E-state index in [-0.39, 0.29) is 30.1 Å². The van der Waals surface area contributed by atoms with Crippen molar-refractivity contribution in [3.8, 4) is 0 Å². The number of rotatable bonds is 7. The number of nitrogens with one attached hydrogen (secondary N) is 2. The van der Waals surface area contributed by atoms with Gasteiger partial charge >= 0.3 is 0 Å². The minimum absolute atomic E-state index is 0. The van der Waals surface area contributed by atoms with Crippen LogP contribution in [0.5, 0.6) is 0 Å². The van der Waals surface area contributed by atoms with Crippen molar-refractivity contribution in [3.63, 3.8) is 0 Å². The molecule has 7 nitrogen and oxygen atoms in total. The van der Waals surface area contributed by atoms with Crippen LogP contribution in [0.3, 0.4) is 0 Å². The average Bonchev–Trinajstić information content (AvgIpc) is 2.59. The highest BCUT2D eigenvalue weighted by Crippen LogP contribution is 2.25. The molecule has 0 spiro atoms. The van der Waals surface area contributed by atoms with Crippen LogP contribution >= 0.6 is 24.0 Å². The molecule has 0 amide bonds. The second kappa shape index (κ2) is 11.9. The molecule has 0 radical (unpaired) electrons. The monoisotopic (exact) mass is 524 g/mol. The fourth-order valence-electron chi connectivity index (χ4n) is 3.16. The van der Waals surface area contributed by atoms with Crippen LogP contribution in [0.4, 0.5) is 0 Å². The van der Waals surface area contributed by atoms with Gasteiger partial charge in [0.25, 0.3) is 0 Å². The third kappa shape index (κ3) is 8.22. The van der Waals surface area contributed by atoms with E-state index in [4.69, 9.17) is 4.74 Å². The molecule has 1 aromatic rings. The lowest BCUT2D eigenvalue weighted by molar-refractivity contribution is -0.00833. The molecule has 0 bridgehead atoms. The van der Waals surface area contributed by atoms with Gasteiger partial charge in [0.1, 0.15) is 6.10 Å². The lowest BCUT2D eigenvalue weighted by Crippen LogP contribution is -2.48. The van der Waals surface area contributed by atoms with Crippen molar-refractivity contribution >= 4 is 40.0 Å². The molecule has 1 aliphatic heterocycles. The summed E-state index contributed by atoms with van der Waals surface area (Å²) in [5.74, 6) is 0.856. The zero-order valence-corrected chi connectivity index (χ0v) is 20.3. The van der Waals surface area contributed by atoms with Crippen LogP contribution in [0, 0.1) is 13.8 Å². The molecule has 1 aliphatic rings. The van der Waals surface area contributed by atoms with E-state index < -0.39 is 10.0 Å². The van der Waals surface area contributed by atoms with Gasteiger partial charge in [-0.25, -0.2) is 13.1 Å². The number of hydrogen-bond acceptors (Lipinski definition) is 4. The Bertz CT molecular complexity index is 756. The molecule has 160 valence electrons. The quantitative estimate of drug-likeness (QED) is 0.248. The Kier molecular flexibility index (Phi) is 10.7. The first-order valence-electron chi connectivity index (χ1n) is 9.47. The molecule has 1 fully saturated rings. The van der Waals surface area contributed by atoms with Crippen LogP contribution in [0.15, 0.2) is 23.2 Å². The second-order valence-corrected chi connectivity index (χ2v) is 8.75. The Morgan fingerprint density at radius 3 is 2.75 bits per heavy atom. The molecule has 1 unspecified atom stereocenters. The van der Waals surface area contributed by atoms with Gasteiger partial charge in [-0.05, 0) is 38.3 Å². The van der Waals surface area contributed by atoms with Crippen LogP contribution in [-0.4, -0.2) is 64.9 Å². The summed E-state index contributed by atoms with van der Waals surface area (Å²) in [4.78, 5) is 6.89. The van der Waals surface area contributed by atoms with Gasteiger partial charge in [-0.15, -0.1) is 24.0 Å². The Morgan fingerprint density at radius 2 is 2.11 bits per heavy atom. The van der Waals surface area contributed by atoms with Gasteiger partial charge in [0.2, 0.25) is 10.0 Å². The highest BCUT2D eigenvalue weighted by molar-refractivity contribution is 14.0. The number of benzene rings is 1. The first kappa shape index (κ1) is 25.1. The van der Waals surface area contributed by atoms with Crippen LogP contribution in [0.25, 0.3) is 0 Å². The van der Waals surface area contributed by atoms with Crippen LogP contribution in [-0.2, 0) is 14.8 Å². The highest BCUT2D eigenvalue weighted by Gasteiger charge is 2.25. The van der Waals surface area contributed by atoms with E-state index in [9.17, 15) is 8.42 Å². The number of morpholine rings is 1. The lowest BCUT2D eigenvalue weighted by Gasteiger charge is -2.36. The summed E-state index contributed by atoms with van der Waals surface area (Å²) < 4.78 is 30.8. The van der Waals surface area contributed by atoms with Crippen molar-refractivity contribution in [2.24, 2.45) is 4.99 Å². The summed E-state index contributed by atoms with van der Waals surface area (Å²) >= 11 is 0. The first-order chi connectivity index (χ1) is 12.8. The molecule has 2 rings (SSSR count). The molecular weight excluding hydrogens is 491 g/mol. The zero-order chi connectivity index (χ0) is 19.9. The van der Waals surface area contributed by atoms with Crippen molar-refractivity contribution in [1.29, 1.82) is 0 Å². The second-order valence-electron chi connectivity index (χ2n) is 6.92. The van der Waals surface area contributed by atoms with Crippen molar-refractivity contribution in [2.45, 2.75) is 33.3 Å². The Hall–Kier alpha value is -0.910. The maximum absolute atomic E-state index is 11.1. The van der Waals surface area contributed by atoms with Crippen molar-refractivity contribution in [2.75, 3.05) is 45.6 Å². The predicted octanol–water partition coefficient (Wildman–Crippen LogP) is 2.20. The van der Waals surface area contributed by atoms with E-state index in [1.807, 2.05) is 6.92 Å². The van der Waals surface area contributed by atoms with Crippen molar-refractivity contribution in [1.82, 2.24) is 14.9 Å². The molecule has 9 heteroatoms. The topological polar surface area (TPSA) is 83.0 Å². The molecule has 0 saturated carbocycles. The fraction of sp³-hybridized carbons (Fsp3) is 0.632.